The van der Waals surface area contributed by atoms with Crippen molar-refractivity contribution in [3.8, 4) is 5.75 Å². The Kier molecular flexibility index (Phi) is 5.27. The number of benzene rings is 2. The van der Waals surface area contributed by atoms with Crippen LogP contribution in [0.5, 0.6) is 5.75 Å². The van der Waals surface area contributed by atoms with E-state index in [1.54, 1.807) is 36.6 Å². The first-order chi connectivity index (χ1) is 13.5. The van der Waals surface area contributed by atoms with Crippen LogP contribution in [0.15, 0.2) is 42.7 Å². The molecule has 0 radical (unpaired) electrons. The van der Waals surface area contributed by atoms with Crippen molar-refractivity contribution < 1.29 is 27.8 Å². The summed E-state index contributed by atoms with van der Waals surface area (Å²) >= 11 is 0. The molecule has 9 heteroatoms. The molecular formula is C20H20F3N3O3. The number of methoxy groups -OCH3 is 1. The molecule has 1 aromatic heterocycles. The SMILES string of the molecule is COc1cc(NC(=O)Cn2cnc3cccc(C(C)(C)O)c32)cc(C(F)(F)F)c1. The van der Waals surface area contributed by atoms with E-state index in [4.69, 9.17) is 4.74 Å². The molecule has 2 aromatic carbocycles. The third kappa shape index (κ3) is 4.51. The second kappa shape index (κ2) is 7.40. The minimum Gasteiger partial charge on any atom is -0.497 e. The molecule has 0 aliphatic heterocycles. The summed E-state index contributed by atoms with van der Waals surface area (Å²) in [4.78, 5) is 16.7. The van der Waals surface area contributed by atoms with Gasteiger partial charge in [-0.25, -0.2) is 4.98 Å². The topological polar surface area (TPSA) is 76.4 Å². The van der Waals surface area contributed by atoms with E-state index in [1.165, 1.54) is 19.5 Å². The zero-order valence-electron chi connectivity index (χ0n) is 16.0. The van der Waals surface area contributed by atoms with Crippen molar-refractivity contribution in [2.75, 3.05) is 12.4 Å². The van der Waals surface area contributed by atoms with Crippen molar-refractivity contribution in [2.45, 2.75) is 32.2 Å². The molecule has 3 aromatic rings. The molecule has 0 fully saturated rings. The maximum absolute atomic E-state index is 13.1. The fourth-order valence-corrected chi connectivity index (χ4v) is 3.05. The molecule has 2 N–H and O–H groups in total. The Bertz CT molecular complexity index is 1050. The number of nitrogens with one attached hydrogen (secondary N) is 1. The Morgan fingerprint density at radius 2 is 1.97 bits per heavy atom. The summed E-state index contributed by atoms with van der Waals surface area (Å²) in [7, 11) is 1.25. The minimum absolute atomic E-state index is 0.0208. The van der Waals surface area contributed by atoms with Crippen molar-refractivity contribution in [3.05, 3.63) is 53.9 Å². The number of imidazole rings is 1. The fourth-order valence-electron chi connectivity index (χ4n) is 3.05. The van der Waals surface area contributed by atoms with Crippen LogP contribution in [0, 0.1) is 0 Å². The zero-order valence-corrected chi connectivity index (χ0v) is 16.0. The lowest BCUT2D eigenvalue weighted by molar-refractivity contribution is -0.137. The first-order valence-corrected chi connectivity index (χ1v) is 8.72. The largest absolute Gasteiger partial charge is 0.497 e. The summed E-state index contributed by atoms with van der Waals surface area (Å²) in [6, 6.07) is 8.24. The van der Waals surface area contributed by atoms with Gasteiger partial charge in [0.15, 0.2) is 0 Å². The molecule has 0 atom stereocenters. The fraction of sp³-hybridized carbons (Fsp3) is 0.300. The van der Waals surface area contributed by atoms with Crippen molar-refractivity contribution in [1.29, 1.82) is 0 Å². The average Bonchev–Trinajstić information content (AvgIpc) is 3.02. The maximum Gasteiger partial charge on any atom is 0.416 e. The molecule has 154 valence electrons. The number of aliphatic hydroxyl groups is 1. The predicted molar refractivity (Wildman–Crippen MR) is 102 cm³/mol. The van der Waals surface area contributed by atoms with E-state index in [1.807, 2.05) is 0 Å². The number of hydrogen-bond acceptors (Lipinski definition) is 4. The van der Waals surface area contributed by atoms with Gasteiger partial charge in [0, 0.05) is 17.3 Å². The number of aromatic nitrogens is 2. The molecule has 0 saturated carbocycles. The van der Waals surface area contributed by atoms with E-state index in [0.29, 0.717) is 16.6 Å². The lowest BCUT2D eigenvalue weighted by Gasteiger charge is -2.20. The summed E-state index contributed by atoms with van der Waals surface area (Å²) in [6.45, 7) is 3.05. The summed E-state index contributed by atoms with van der Waals surface area (Å²) in [5, 5.41) is 12.9. The van der Waals surface area contributed by atoms with E-state index in [2.05, 4.69) is 10.3 Å². The Labute approximate surface area is 164 Å². The summed E-state index contributed by atoms with van der Waals surface area (Å²) in [5.41, 5.74) is -0.364. The summed E-state index contributed by atoms with van der Waals surface area (Å²) in [6.07, 6.45) is -3.12. The first kappa shape index (κ1) is 20.7. The first-order valence-electron chi connectivity index (χ1n) is 8.72. The molecule has 3 rings (SSSR count). The van der Waals surface area contributed by atoms with Gasteiger partial charge in [-0.15, -0.1) is 0 Å². The van der Waals surface area contributed by atoms with E-state index in [9.17, 15) is 23.1 Å². The summed E-state index contributed by atoms with van der Waals surface area (Å²) in [5.74, 6) is -0.566. The number of amides is 1. The molecule has 6 nitrogen and oxygen atoms in total. The third-order valence-corrected chi connectivity index (χ3v) is 4.36. The second-order valence-corrected chi connectivity index (χ2v) is 7.10. The van der Waals surface area contributed by atoms with Crippen LogP contribution in [0.2, 0.25) is 0 Å². The number of hydrogen-bond donors (Lipinski definition) is 2. The van der Waals surface area contributed by atoms with Gasteiger partial charge in [-0.3, -0.25) is 4.79 Å². The van der Waals surface area contributed by atoms with Gasteiger partial charge in [-0.1, -0.05) is 12.1 Å². The molecule has 1 amide bonds. The Hall–Kier alpha value is -3.07. The number of halogens is 3. The highest BCUT2D eigenvalue weighted by molar-refractivity contribution is 5.92. The van der Waals surface area contributed by atoms with Crippen LogP contribution >= 0.6 is 0 Å². The van der Waals surface area contributed by atoms with Crippen LogP contribution in [-0.4, -0.2) is 27.7 Å². The number of carbonyl (C=O) groups excluding carboxylic acids is 1. The Morgan fingerprint density at radius 1 is 1.24 bits per heavy atom. The number of fused-ring (bicyclic) bond motifs is 1. The number of nitrogens with zero attached hydrogens (tertiary/aromatic N) is 2. The van der Waals surface area contributed by atoms with Crippen LogP contribution in [-0.2, 0) is 23.1 Å². The van der Waals surface area contributed by atoms with Gasteiger partial charge in [0.2, 0.25) is 5.91 Å². The van der Waals surface area contributed by atoms with Crippen molar-refractivity contribution in [1.82, 2.24) is 9.55 Å². The standard InChI is InChI=1S/C20H20F3N3O3/c1-19(2,28)15-5-4-6-16-18(15)26(11-24-16)10-17(27)25-13-7-12(20(21,22)23)8-14(9-13)29-3/h4-9,11,28H,10H2,1-3H3,(H,25,27). The molecule has 1 heterocycles. The van der Waals surface area contributed by atoms with Crippen LogP contribution in [0.1, 0.15) is 25.0 Å². The van der Waals surface area contributed by atoms with Gasteiger partial charge in [-0.05, 0) is 32.0 Å². The molecule has 0 spiro atoms. The second-order valence-electron chi connectivity index (χ2n) is 7.10. The van der Waals surface area contributed by atoms with Gasteiger partial charge < -0.3 is 19.7 Å². The predicted octanol–water partition coefficient (Wildman–Crippen LogP) is 3.93. The van der Waals surface area contributed by atoms with Gasteiger partial charge in [0.05, 0.1) is 35.6 Å². The van der Waals surface area contributed by atoms with Gasteiger partial charge in [0.1, 0.15) is 12.3 Å². The number of ether oxygens (including phenoxy) is 1. The number of anilines is 1. The number of alkyl halides is 3. The van der Waals surface area contributed by atoms with Gasteiger partial charge in [0.25, 0.3) is 0 Å². The monoisotopic (exact) mass is 407 g/mol. The van der Waals surface area contributed by atoms with Crippen LogP contribution < -0.4 is 10.1 Å². The average molecular weight is 407 g/mol. The lowest BCUT2D eigenvalue weighted by Crippen LogP contribution is -2.21. The number of para-hydroxylation sites is 1. The summed E-state index contributed by atoms with van der Waals surface area (Å²) < 4.78 is 45.6. The highest BCUT2D eigenvalue weighted by atomic mass is 19.4. The third-order valence-electron chi connectivity index (χ3n) is 4.36. The molecule has 0 aliphatic carbocycles. The quantitative estimate of drug-likeness (QED) is 0.672. The zero-order chi connectivity index (χ0) is 21.4. The molecular weight excluding hydrogens is 387 g/mol. The van der Waals surface area contributed by atoms with Crippen LogP contribution in [0.3, 0.4) is 0 Å². The van der Waals surface area contributed by atoms with Crippen LogP contribution in [0.4, 0.5) is 18.9 Å². The van der Waals surface area contributed by atoms with Crippen LogP contribution in [0.25, 0.3) is 11.0 Å². The van der Waals surface area contributed by atoms with E-state index in [-0.39, 0.29) is 18.0 Å². The van der Waals surface area contributed by atoms with E-state index in [0.717, 1.165) is 12.1 Å². The highest BCUT2D eigenvalue weighted by Gasteiger charge is 2.31. The maximum atomic E-state index is 13.1. The molecule has 0 aliphatic rings. The molecule has 0 unspecified atom stereocenters. The Morgan fingerprint density at radius 3 is 2.59 bits per heavy atom. The molecule has 0 saturated heterocycles. The number of rotatable bonds is 5. The van der Waals surface area contributed by atoms with Crippen molar-refractivity contribution in [3.63, 3.8) is 0 Å². The van der Waals surface area contributed by atoms with Gasteiger partial charge >= 0.3 is 6.18 Å². The van der Waals surface area contributed by atoms with E-state index < -0.39 is 23.2 Å². The smallest absolute Gasteiger partial charge is 0.416 e. The van der Waals surface area contributed by atoms with Crippen molar-refractivity contribution in [2.24, 2.45) is 0 Å². The minimum atomic E-state index is -4.57. The lowest BCUT2D eigenvalue weighted by atomic mass is 9.97. The highest BCUT2D eigenvalue weighted by Crippen LogP contribution is 2.34. The number of carbonyl (C=O) groups is 1. The Balaban J connectivity index is 1.89. The molecule has 0 bridgehead atoms. The van der Waals surface area contributed by atoms with Gasteiger partial charge in [-0.2, -0.15) is 13.2 Å². The normalized spacial score (nSPS) is 12.2. The van der Waals surface area contributed by atoms with Crippen molar-refractivity contribution >= 4 is 22.6 Å². The molecule has 29 heavy (non-hydrogen) atoms. The van der Waals surface area contributed by atoms with E-state index >= 15 is 0 Å².